The third kappa shape index (κ3) is 4.25. The molecule has 2 aliphatic rings. The summed E-state index contributed by atoms with van der Waals surface area (Å²) in [5.74, 6) is 0.785. The number of thioether (sulfide) groups is 1. The van der Waals surface area contributed by atoms with Crippen molar-refractivity contribution in [3.05, 3.63) is 60.2 Å². The molecule has 1 amide bonds. The van der Waals surface area contributed by atoms with Crippen LogP contribution >= 0.6 is 11.8 Å². The van der Waals surface area contributed by atoms with Crippen LogP contribution in [0.2, 0.25) is 0 Å². The average Bonchev–Trinajstić information content (AvgIpc) is 3.24. The van der Waals surface area contributed by atoms with Crippen molar-refractivity contribution in [2.24, 2.45) is 5.92 Å². The van der Waals surface area contributed by atoms with E-state index in [4.69, 9.17) is 4.74 Å². The van der Waals surface area contributed by atoms with E-state index in [0.717, 1.165) is 34.7 Å². The van der Waals surface area contributed by atoms with Crippen molar-refractivity contribution in [2.45, 2.75) is 43.0 Å². The van der Waals surface area contributed by atoms with Gasteiger partial charge in [-0.05, 0) is 36.5 Å². The van der Waals surface area contributed by atoms with Gasteiger partial charge in [-0.15, -0.1) is 11.8 Å². The number of rotatable bonds is 5. The number of para-hydroxylation sites is 1. The van der Waals surface area contributed by atoms with Crippen molar-refractivity contribution in [2.75, 3.05) is 17.3 Å². The molecular formula is C23H25NO3S. The highest BCUT2D eigenvalue weighted by Gasteiger charge is 2.33. The Balaban J connectivity index is 1.49. The van der Waals surface area contributed by atoms with Gasteiger partial charge in [-0.1, -0.05) is 55.3 Å². The Labute approximate surface area is 170 Å². The maximum atomic E-state index is 13.1. The predicted molar refractivity (Wildman–Crippen MR) is 111 cm³/mol. The summed E-state index contributed by atoms with van der Waals surface area (Å²) in [4.78, 5) is 28.2. The van der Waals surface area contributed by atoms with Crippen molar-refractivity contribution in [3.63, 3.8) is 0 Å². The minimum Gasteiger partial charge on any atom is -0.456 e. The molecule has 0 unspecified atom stereocenters. The molecule has 146 valence electrons. The van der Waals surface area contributed by atoms with Gasteiger partial charge < -0.3 is 4.74 Å². The molecule has 1 aliphatic carbocycles. The molecule has 4 nitrogen and oxygen atoms in total. The van der Waals surface area contributed by atoms with Crippen LogP contribution in [0.4, 0.5) is 5.69 Å². The normalized spacial score (nSPS) is 19.3. The maximum absolute atomic E-state index is 13.1. The average molecular weight is 396 g/mol. The zero-order valence-corrected chi connectivity index (χ0v) is 16.7. The molecule has 1 atom stereocenters. The molecule has 1 fully saturated rings. The smallest absolute Gasteiger partial charge is 0.306 e. The number of benzene rings is 2. The summed E-state index contributed by atoms with van der Waals surface area (Å²) in [6, 6.07) is 17.9. The van der Waals surface area contributed by atoms with Gasteiger partial charge in [0.1, 0.15) is 0 Å². The third-order valence-electron chi connectivity index (χ3n) is 5.57. The second-order valence-electron chi connectivity index (χ2n) is 7.48. The first-order chi connectivity index (χ1) is 13.7. The SMILES string of the molecule is O=C(CC1CCCC1)OCC(=O)N1c2ccccc2SC[C@H]1c1ccccc1. The molecule has 0 aromatic heterocycles. The van der Waals surface area contributed by atoms with Gasteiger partial charge in [-0.2, -0.15) is 0 Å². The lowest BCUT2D eigenvalue weighted by molar-refractivity contribution is -0.148. The van der Waals surface area contributed by atoms with Gasteiger partial charge in [0.15, 0.2) is 6.61 Å². The lowest BCUT2D eigenvalue weighted by Gasteiger charge is -2.37. The number of hydrogen-bond acceptors (Lipinski definition) is 4. The van der Waals surface area contributed by atoms with Gasteiger partial charge in [-0.3, -0.25) is 14.5 Å². The molecule has 1 aliphatic heterocycles. The lowest BCUT2D eigenvalue weighted by Crippen LogP contribution is -2.41. The second kappa shape index (κ2) is 8.82. The first-order valence-electron chi connectivity index (χ1n) is 9.97. The molecule has 4 rings (SSSR count). The van der Waals surface area contributed by atoms with Crippen LogP contribution in [-0.2, 0) is 14.3 Å². The number of amides is 1. The van der Waals surface area contributed by atoms with Crippen molar-refractivity contribution in [1.82, 2.24) is 0 Å². The van der Waals surface area contributed by atoms with E-state index in [0.29, 0.717) is 12.3 Å². The Morgan fingerprint density at radius 1 is 1.00 bits per heavy atom. The summed E-state index contributed by atoms with van der Waals surface area (Å²) in [6.07, 6.45) is 5.00. The number of esters is 1. The number of fused-ring (bicyclic) bond motifs is 1. The van der Waals surface area contributed by atoms with E-state index in [1.807, 2.05) is 59.5 Å². The molecule has 0 bridgehead atoms. The minimum absolute atomic E-state index is 0.0675. The summed E-state index contributed by atoms with van der Waals surface area (Å²) in [7, 11) is 0. The van der Waals surface area contributed by atoms with E-state index < -0.39 is 0 Å². The third-order valence-corrected chi connectivity index (χ3v) is 6.71. The van der Waals surface area contributed by atoms with Crippen LogP contribution in [0.1, 0.15) is 43.7 Å². The number of ether oxygens (including phenoxy) is 1. The number of hydrogen-bond donors (Lipinski definition) is 0. The fraction of sp³-hybridized carbons (Fsp3) is 0.391. The van der Waals surface area contributed by atoms with Gasteiger partial charge >= 0.3 is 5.97 Å². The fourth-order valence-corrected chi connectivity index (χ4v) is 5.31. The number of nitrogens with zero attached hydrogens (tertiary/aromatic N) is 1. The van der Waals surface area contributed by atoms with E-state index in [1.165, 1.54) is 12.8 Å². The highest BCUT2D eigenvalue weighted by atomic mass is 32.2. The van der Waals surface area contributed by atoms with Crippen molar-refractivity contribution in [3.8, 4) is 0 Å². The monoisotopic (exact) mass is 395 g/mol. The summed E-state index contributed by atoms with van der Waals surface area (Å²) in [6.45, 7) is -0.201. The highest BCUT2D eigenvalue weighted by Crippen LogP contribution is 2.43. The van der Waals surface area contributed by atoms with Crippen molar-refractivity contribution < 1.29 is 14.3 Å². The predicted octanol–water partition coefficient (Wildman–Crippen LogP) is 4.99. The van der Waals surface area contributed by atoms with Crippen molar-refractivity contribution in [1.29, 1.82) is 0 Å². The second-order valence-corrected chi connectivity index (χ2v) is 8.55. The molecule has 1 saturated carbocycles. The zero-order valence-electron chi connectivity index (χ0n) is 15.9. The first-order valence-corrected chi connectivity index (χ1v) is 11.0. The van der Waals surface area contributed by atoms with Gasteiger partial charge in [0, 0.05) is 17.1 Å². The van der Waals surface area contributed by atoms with Crippen LogP contribution in [0.25, 0.3) is 0 Å². The lowest BCUT2D eigenvalue weighted by atomic mass is 10.0. The highest BCUT2D eigenvalue weighted by molar-refractivity contribution is 7.99. The van der Waals surface area contributed by atoms with Gasteiger partial charge in [0.05, 0.1) is 11.7 Å². The largest absolute Gasteiger partial charge is 0.456 e. The van der Waals surface area contributed by atoms with Crippen LogP contribution in [0, 0.1) is 5.92 Å². The molecule has 2 aromatic rings. The van der Waals surface area contributed by atoms with Gasteiger partial charge in [-0.25, -0.2) is 0 Å². The van der Waals surface area contributed by atoms with Crippen LogP contribution in [0.15, 0.2) is 59.5 Å². The number of anilines is 1. The maximum Gasteiger partial charge on any atom is 0.306 e. The van der Waals surface area contributed by atoms with E-state index in [1.54, 1.807) is 11.8 Å². The quantitative estimate of drug-likeness (QED) is 0.669. The minimum atomic E-state index is -0.254. The van der Waals surface area contributed by atoms with E-state index in [2.05, 4.69) is 0 Å². The molecule has 2 aromatic carbocycles. The molecule has 0 N–H and O–H groups in total. The van der Waals surface area contributed by atoms with E-state index in [9.17, 15) is 9.59 Å². The molecular weight excluding hydrogens is 370 g/mol. The Bertz CT molecular complexity index is 833. The standard InChI is InChI=1S/C23H25NO3S/c25-22(15-27-23(26)14-17-8-4-5-9-17)24-19-12-6-7-13-21(19)28-16-20(24)18-10-2-1-3-11-18/h1-3,6-7,10-13,17,20H,4-5,8-9,14-16H2/t20-/m0/s1. The first kappa shape index (κ1) is 19.1. The molecule has 0 saturated heterocycles. The molecule has 0 spiro atoms. The molecule has 1 heterocycles. The summed E-state index contributed by atoms with van der Waals surface area (Å²) in [5, 5.41) is 0. The van der Waals surface area contributed by atoms with Crippen LogP contribution in [-0.4, -0.2) is 24.2 Å². The Kier molecular flexibility index (Phi) is 6.01. The van der Waals surface area contributed by atoms with Crippen LogP contribution in [0.3, 0.4) is 0 Å². The molecule has 5 heteroatoms. The van der Waals surface area contributed by atoms with Crippen LogP contribution < -0.4 is 4.90 Å². The Morgan fingerprint density at radius 2 is 1.71 bits per heavy atom. The van der Waals surface area contributed by atoms with Gasteiger partial charge in [0.25, 0.3) is 5.91 Å². The Morgan fingerprint density at radius 3 is 2.50 bits per heavy atom. The van der Waals surface area contributed by atoms with E-state index >= 15 is 0 Å². The summed E-state index contributed by atoms with van der Waals surface area (Å²) >= 11 is 1.76. The number of carbonyl (C=O) groups is 2. The van der Waals surface area contributed by atoms with Crippen molar-refractivity contribution >= 4 is 29.3 Å². The van der Waals surface area contributed by atoms with Crippen LogP contribution in [0.5, 0.6) is 0 Å². The molecule has 28 heavy (non-hydrogen) atoms. The zero-order chi connectivity index (χ0) is 19.3. The van der Waals surface area contributed by atoms with E-state index in [-0.39, 0.29) is 24.5 Å². The Hall–Kier alpha value is -2.27. The fourth-order valence-electron chi connectivity index (χ4n) is 4.14. The number of carbonyl (C=O) groups excluding carboxylic acids is 2. The topological polar surface area (TPSA) is 46.6 Å². The summed E-state index contributed by atoms with van der Waals surface area (Å²) < 4.78 is 5.38. The molecule has 0 radical (unpaired) electrons. The van der Waals surface area contributed by atoms with Gasteiger partial charge in [0.2, 0.25) is 0 Å². The summed E-state index contributed by atoms with van der Waals surface area (Å²) in [5.41, 5.74) is 1.99.